The van der Waals surface area contributed by atoms with Crippen molar-refractivity contribution in [1.29, 1.82) is 0 Å². The van der Waals surface area contributed by atoms with Gasteiger partial charge in [0, 0.05) is 69.1 Å². The zero-order chi connectivity index (χ0) is 29.0. The molecule has 0 atom stereocenters. The van der Waals surface area contributed by atoms with Gasteiger partial charge in [0.2, 0.25) is 5.78 Å². The lowest BCUT2D eigenvalue weighted by atomic mass is 9.94. The Kier molecular flexibility index (Phi) is 8.60. The van der Waals surface area contributed by atoms with Gasteiger partial charge in [-0.3, -0.25) is 19.7 Å². The smallest absolute Gasteiger partial charge is 0.202 e. The lowest BCUT2D eigenvalue weighted by molar-refractivity contribution is 0.0963. The van der Waals surface area contributed by atoms with E-state index in [1.165, 1.54) is 0 Å². The summed E-state index contributed by atoms with van der Waals surface area (Å²) in [6, 6.07) is 7.68. The third kappa shape index (κ3) is 6.89. The quantitative estimate of drug-likeness (QED) is 0.206. The number of anilines is 1. The molecule has 5 rings (SSSR count). The van der Waals surface area contributed by atoms with E-state index in [-0.39, 0.29) is 17.6 Å². The predicted octanol–water partition coefficient (Wildman–Crippen LogP) is 4.51. The molecule has 10 nitrogen and oxygen atoms in total. The molecule has 0 aliphatic carbocycles. The molecule has 1 saturated heterocycles. The number of furan rings is 1. The van der Waals surface area contributed by atoms with Crippen molar-refractivity contribution >= 4 is 11.5 Å². The van der Waals surface area contributed by atoms with Crippen molar-refractivity contribution in [2.75, 3.05) is 50.8 Å². The van der Waals surface area contributed by atoms with Gasteiger partial charge in [-0.05, 0) is 43.7 Å². The molecule has 0 radical (unpaired) electrons. The third-order valence-electron chi connectivity index (χ3n) is 7.35. The fraction of sp³-hybridized carbons (Fsp3) is 0.452. The molecule has 4 aromatic rings. The monoisotopic (exact) mass is 557 g/mol. The van der Waals surface area contributed by atoms with Crippen LogP contribution in [-0.4, -0.2) is 81.6 Å². The van der Waals surface area contributed by atoms with Gasteiger partial charge in [0.15, 0.2) is 5.76 Å². The van der Waals surface area contributed by atoms with E-state index < -0.39 is 0 Å². The molecule has 1 aliphatic rings. The first-order valence-electron chi connectivity index (χ1n) is 14.2. The molecule has 0 saturated carbocycles. The summed E-state index contributed by atoms with van der Waals surface area (Å²) in [4.78, 5) is 26.8. The largest absolute Gasteiger partial charge is 0.457 e. The molecule has 216 valence electrons. The van der Waals surface area contributed by atoms with Crippen LogP contribution in [0, 0.1) is 6.92 Å². The minimum Gasteiger partial charge on any atom is -0.457 e. The molecular formula is C31H39N7O3. The number of hydrogen-bond acceptors (Lipinski definition) is 9. The Hall–Kier alpha value is -3.89. The molecule has 10 heteroatoms. The average molecular weight is 558 g/mol. The summed E-state index contributed by atoms with van der Waals surface area (Å²) in [5.74, 6) is 1.06. The van der Waals surface area contributed by atoms with Crippen LogP contribution in [0.15, 0.2) is 53.5 Å². The van der Waals surface area contributed by atoms with E-state index in [0.29, 0.717) is 5.76 Å². The predicted molar refractivity (Wildman–Crippen MR) is 158 cm³/mol. The second kappa shape index (κ2) is 12.3. The van der Waals surface area contributed by atoms with Crippen molar-refractivity contribution in [2.24, 2.45) is 0 Å². The van der Waals surface area contributed by atoms with Crippen LogP contribution in [-0.2, 0) is 16.6 Å². The lowest BCUT2D eigenvalue weighted by Crippen LogP contribution is -2.47. The van der Waals surface area contributed by atoms with Crippen LogP contribution >= 0.6 is 0 Å². The van der Waals surface area contributed by atoms with Crippen LogP contribution in [0.5, 0.6) is 0 Å². The number of carbonyl (C=O) groups excluding carboxylic acids is 1. The highest BCUT2D eigenvalue weighted by Crippen LogP contribution is 2.26. The Morgan fingerprint density at radius 3 is 2.61 bits per heavy atom. The molecule has 0 aromatic carbocycles. The molecule has 0 N–H and O–H groups in total. The minimum atomic E-state index is -0.157. The number of pyridine rings is 2. The zero-order valence-electron chi connectivity index (χ0n) is 24.6. The SMILES string of the molecule is CCOCCN1CCN(c2cncc(-c3cn(-c4cc(CC(=O)c5ccc(C(C)(C)C)o5)cnc4C)nn3)c2)CC1. The number of carbonyl (C=O) groups is 1. The molecule has 0 bridgehead atoms. The maximum Gasteiger partial charge on any atom is 0.202 e. The van der Waals surface area contributed by atoms with Crippen LogP contribution in [0.25, 0.3) is 16.9 Å². The van der Waals surface area contributed by atoms with Gasteiger partial charge in [-0.25, -0.2) is 4.68 Å². The van der Waals surface area contributed by atoms with Crippen LogP contribution in [0.2, 0.25) is 0 Å². The molecule has 4 aromatic heterocycles. The summed E-state index contributed by atoms with van der Waals surface area (Å²) in [7, 11) is 0. The van der Waals surface area contributed by atoms with E-state index in [9.17, 15) is 4.79 Å². The number of aryl methyl sites for hydroxylation is 1. The fourth-order valence-electron chi connectivity index (χ4n) is 4.88. The van der Waals surface area contributed by atoms with Gasteiger partial charge in [-0.15, -0.1) is 5.10 Å². The van der Waals surface area contributed by atoms with E-state index >= 15 is 0 Å². The standard InChI is InChI=1S/C31H39N7O3/c1-6-40-14-13-36-9-11-37(12-10-36)25-17-24(19-32-20-25)26-21-38(35-34-26)27-15-23(18-33-22(27)2)16-28(39)29-7-8-30(41-29)31(3,4)5/h7-8,15,17-21H,6,9-14,16H2,1-5H3. The van der Waals surface area contributed by atoms with Crippen molar-refractivity contribution in [3.05, 3.63) is 71.8 Å². The molecule has 1 aliphatic heterocycles. The second-order valence-corrected chi connectivity index (χ2v) is 11.5. The van der Waals surface area contributed by atoms with Crippen molar-refractivity contribution in [2.45, 2.75) is 46.5 Å². The first-order chi connectivity index (χ1) is 19.7. The number of piperazine rings is 1. The number of aromatic nitrogens is 5. The Morgan fingerprint density at radius 2 is 1.88 bits per heavy atom. The summed E-state index contributed by atoms with van der Waals surface area (Å²) in [5, 5.41) is 8.81. The van der Waals surface area contributed by atoms with E-state index in [1.807, 2.05) is 44.6 Å². The van der Waals surface area contributed by atoms with Gasteiger partial charge in [0.25, 0.3) is 0 Å². The van der Waals surface area contributed by atoms with E-state index in [0.717, 1.165) is 85.6 Å². The minimum absolute atomic E-state index is 0.0885. The number of Topliss-reactive ketones (excluding diaryl/α,β-unsaturated/α-hetero) is 1. The highest BCUT2D eigenvalue weighted by molar-refractivity contribution is 5.95. The van der Waals surface area contributed by atoms with Gasteiger partial charge >= 0.3 is 0 Å². The van der Waals surface area contributed by atoms with Crippen molar-refractivity contribution < 1.29 is 13.9 Å². The Bertz CT molecular complexity index is 1480. The molecule has 0 unspecified atom stereocenters. The Morgan fingerprint density at radius 1 is 1.07 bits per heavy atom. The maximum atomic E-state index is 12.9. The topological polar surface area (TPSA) is 102 Å². The first kappa shape index (κ1) is 28.6. The normalized spacial score (nSPS) is 14.5. The lowest BCUT2D eigenvalue weighted by Gasteiger charge is -2.35. The fourth-order valence-corrected chi connectivity index (χ4v) is 4.88. The van der Waals surface area contributed by atoms with Gasteiger partial charge in [0.1, 0.15) is 11.5 Å². The zero-order valence-corrected chi connectivity index (χ0v) is 24.6. The van der Waals surface area contributed by atoms with Crippen molar-refractivity contribution in [1.82, 2.24) is 29.9 Å². The summed E-state index contributed by atoms with van der Waals surface area (Å²) >= 11 is 0. The molecule has 41 heavy (non-hydrogen) atoms. The number of ether oxygens (including phenoxy) is 1. The average Bonchev–Trinajstić information content (AvgIpc) is 3.66. The van der Waals surface area contributed by atoms with Crippen LogP contribution < -0.4 is 4.90 Å². The number of ketones is 1. The van der Waals surface area contributed by atoms with Crippen LogP contribution in [0.4, 0.5) is 5.69 Å². The molecule has 1 fully saturated rings. The maximum absolute atomic E-state index is 12.9. The molecule has 5 heterocycles. The molecule has 0 amide bonds. The van der Waals surface area contributed by atoms with Gasteiger partial charge < -0.3 is 14.1 Å². The summed E-state index contributed by atoms with van der Waals surface area (Å²) in [6.45, 7) is 16.5. The highest BCUT2D eigenvalue weighted by Gasteiger charge is 2.22. The number of hydrogen-bond donors (Lipinski definition) is 0. The number of rotatable bonds is 10. The van der Waals surface area contributed by atoms with Crippen molar-refractivity contribution in [3.63, 3.8) is 0 Å². The summed E-state index contributed by atoms with van der Waals surface area (Å²) in [5.41, 5.74) is 4.89. The van der Waals surface area contributed by atoms with Gasteiger partial charge in [0.05, 0.1) is 36.1 Å². The molecule has 0 spiro atoms. The Labute approximate surface area is 241 Å². The van der Waals surface area contributed by atoms with E-state index in [4.69, 9.17) is 9.15 Å². The first-order valence-corrected chi connectivity index (χ1v) is 14.2. The number of nitrogens with zero attached hydrogens (tertiary/aromatic N) is 7. The van der Waals surface area contributed by atoms with Crippen LogP contribution in [0.3, 0.4) is 0 Å². The summed E-state index contributed by atoms with van der Waals surface area (Å²) in [6.07, 6.45) is 7.51. The van der Waals surface area contributed by atoms with E-state index in [1.54, 1.807) is 16.9 Å². The van der Waals surface area contributed by atoms with Gasteiger partial charge in [-0.2, -0.15) is 0 Å². The van der Waals surface area contributed by atoms with Gasteiger partial charge in [-0.1, -0.05) is 26.0 Å². The van der Waals surface area contributed by atoms with Crippen molar-refractivity contribution in [3.8, 4) is 16.9 Å². The highest BCUT2D eigenvalue weighted by atomic mass is 16.5. The molecular weight excluding hydrogens is 518 g/mol. The second-order valence-electron chi connectivity index (χ2n) is 11.5. The third-order valence-corrected chi connectivity index (χ3v) is 7.35. The van der Waals surface area contributed by atoms with Crippen LogP contribution in [0.1, 0.15) is 55.3 Å². The van der Waals surface area contributed by atoms with E-state index in [2.05, 4.69) is 56.9 Å². The summed E-state index contributed by atoms with van der Waals surface area (Å²) < 4.78 is 13.0. The Balaban J connectivity index is 1.27.